The van der Waals surface area contributed by atoms with Crippen molar-refractivity contribution in [1.29, 1.82) is 0 Å². The molecule has 6 rings (SSSR count). The highest BCUT2D eigenvalue weighted by Gasteiger charge is 2.25. The molecule has 0 spiro atoms. The summed E-state index contributed by atoms with van der Waals surface area (Å²) in [6.45, 7) is 35.8. The quantitative estimate of drug-likeness (QED) is 0.172. The van der Waals surface area contributed by atoms with Crippen molar-refractivity contribution in [2.75, 3.05) is 6.61 Å². The highest BCUT2D eigenvalue weighted by molar-refractivity contribution is 6.31. The summed E-state index contributed by atoms with van der Waals surface area (Å²) in [5.41, 5.74) is 8.42. The molecule has 316 valence electrons. The van der Waals surface area contributed by atoms with Gasteiger partial charge in [0.1, 0.15) is 17.4 Å². The predicted octanol–water partition coefficient (Wildman–Crippen LogP) is 16.7. The van der Waals surface area contributed by atoms with E-state index in [1.807, 2.05) is 32.9 Å². The third-order valence-electron chi connectivity index (χ3n) is 10.7. The van der Waals surface area contributed by atoms with Crippen LogP contribution in [0.15, 0.2) is 84.9 Å². The van der Waals surface area contributed by atoms with Crippen LogP contribution in [0, 0.1) is 29.9 Å². The van der Waals surface area contributed by atoms with Crippen LogP contribution in [-0.2, 0) is 28.1 Å². The molecule has 4 aromatic carbocycles. The van der Waals surface area contributed by atoms with Gasteiger partial charge in [-0.05, 0) is 110 Å². The van der Waals surface area contributed by atoms with Gasteiger partial charge in [-0.3, -0.25) is 0 Å². The van der Waals surface area contributed by atoms with E-state index < -0.39 is 11.6 Å². The Morgan fingerprint density at radius 2 is 1.07 bits per heavy atom. The molecule has 0 atom stereocenters. The number of ether oxygens (including phenoxy) is 1. The van der Waals surface area contributed by atoms with Crippen molar-refractivity contribution < 1.29 is 13.5 Å². The largest absolute Gasteiger partial charge is 0.493 e. The molecule has 0 amide bonds. The minimum atomic E-state index is -0.514. The maximum atomic E-state index is 12.7. The number of hydrogen-bond donors (Lipinski definition) is 0. The summed E-state index contributed by atoms with van der Waals surface area (Å²) in [5, 5.41) is 0.877. The lowest BCUT2D eigenvalue weighted by atomic mass is 9.72. The lowest BCUT2D eigenvalue weighted by Gasteiger charge is -2.33. The second kappa shape index (κ2) is 21.2. The summed E-state index contributed by atoms with van der Waals surface area (Å²) in [6, 6.07) is 26.8. The standard InChI is InChI=1S/C12H16O.C11H15Cl.C10H12F2.C10H20.C10H14/c1-12(2,3)10-4-5-11-9(8-10)6-7-13-11;1-8-6-5-7-9(12)10(8)11(2,3)4;1-10(2,3)7-4-8(11)6-9(12)5-7;2*1-10(2,3)9-7-5-4-6-8-9/h4-5,8H,6-7H2,1-3H3;5-7H,1-4H3;4-6H,1-3H3;9H,4-8H2,1-3H3;4-8H,1-3H3. The lowest BCUT2D eigenvalue weighted by Crippen LogP contribution is -2.22. The minimum absolute atomic E-state index is 0.141. The lowest BCUT2D eigenvalue weighted by molar-refractivity contribution is 0.180. The smallest absolute Gasteiger partial charge is 0.126 e. The van der Waals surface area contributed by atoms with Gasteiger partial charge in [0.15, 0.2) is 0 Å². The second-order valence-electron chi connectivity index (χ2n) is 21.1. The maximum Gasteiger partial charge on any atom is 0.126 e. The number of aryl methyl sites for hydroxylation is 1. The number of fused-ring (bicyclic) bond motifs is 1. The molecule has 1 aliphatic carbocycles. The highest BCUT2D eigenvalue weighted by Crippen LogP contribution is 2.37. The van der Waals surface area contributed by atoms with Crippen LogP contribution in [0.4, 0.5) is 8.78 Å². The van der Waals surface area contributed by atoms with Gasteiger partial charge in [-0.15, -0.1) is 0 Å². The topological polar surface area (TPSA) is 9.23 Å². The van der Waals surface area contributed by atoms with Gasteiger partial charge in [-0.25, -0.2) is 8.78 Å². The molecule has 0 bridgehead atoms. The van der Waals surface area contributed by atoms with E-state index in [9.17, 15) is 8.78 Å². The first-order chi connectivity index (χ1) is 26.1. The van der Waals surface area contributed by atoms with Crippen molar-refractivity contribution in [3.05, 3.63) is 135 Å². The predicted molar refractivity (Wildman–Crippen MR) is 245 cm³/mol. The Morgan fingerprint density at radius 1 is 0.544 bits per heavy atom. The molecule has 2 aliphatic rings. The molecular formula is C53H77ClF2O. The van der Waals surface area contributed by atoms with Crippen LogP contribution in [0.5, 0.6) is 5.75 Å². The van der Waals surface area contributed by atoms with Gasteiger partial charge >= 0.3 is 0 Å². The zero-order valence-electron chi connectivity index (χ0n) is 38.7. The molecule has 57 heavy (non-hydrogen) atoms. The van der Waals surface area contributed by atoms with E-state index in [-0.39, 0.29) is 16.2 Å². The van der Waals surface area contributed by atoms with Crippen LogP contribution in [-0.4, -0.2) is 6.61 Å². The summed E-state index contributed by atoms with van der Waals surface area (Å²) in [5.74, 6) is 1.05. The fourth-order valence-electron chi connectivity index (χ4n) is 7.13. The van der Waals surface area contributed by atoms with Crippen molar-refractivity contribution >= 4 is 11.6 Å². The molecule has 1 saturated carbocycles. The Labute approximate surface area is 353 Å². The van der Waals surface area contributed by atoms with Crippen molar-refractivity contribution in [3.63, 3.8) is 0 Å². The molecule has 1 nitrogen and oxygen atoms in total. The monoisotopic (exact) mass is 803 g/mol. The molecule has 0 radical (unpaired) electrons. The summed E-state index contributed by atoms with van der Waals surface area (Å²) in [7, 11) is 0. The summed E-state index contributed by atoms with van der Waals surface area (Å²) >= 11 is 6.11. The maximum absolute atomic E-state index is 12.7. The van der Waals surface area contributed by atoms with E-state index in [1.54, 1.807) is 0 Å². The molecule has 0 aromatic heterocycles. The van der Waals surface area contributed by atoms with Gasteiger partial charge in [-0.2, -0.15) is 0 Å². The van der Waals surface area contributed by atoms with E-state index in [0.29, 0.717) is 16.4 Å². The average molecular weight is 804 g/mol. The molecule has 0 N–H and O–H groups in total. The van der Waals surface area contributed by atoms with Gasteiger partial charge < -0.3 is 4.74 Å². The van der Waals surface area contributed by atoms with Crippen LogP contribution in [0.1, 0.15) is 169 Å². The molecule has 1 heterocycles. The first-order valence-electron chi connectivity index (χ1n) is 21.1. The zero-order chi connectivity index (χ0) is 43.4. The molecule has 0 saturated heterocycles. The van der Waals surface area contributed by atoms with Gasteiger partial charge in [0.25, 0.3) is 0 Å². The van der Waals surface area contributed by atoms with Gasteiger partial charge in [0.05, 0.1) is 6.61 Å². The molecule has 1 aliphatic heterocycles. The number of halogens is 3. The van der Waals surface area contributed by atoms with E-state index >= 15 is 0 Å². The summed E-state index contributed by atoms with van der Waals surface area (Å²) in [6.07, 6.45) is 8.45. The van der Waals surface area contributed by atoms with Crippen LogP contribution in [0.25, 0.3) is 0 Å². The van der Waals surface area contributed by atoms with Crippen molar-refractivity contribution in [1.82, 2.24) is 0 Å². The molecule has 0 unspecified atom stereocenters. The van der Waals surface area contributed by atoms with Gasteiger partial charge in [-0.1, -0.05) is 189 Å². The zero-order valence-corrected chi connectivity index (χ0v) is 39.4. The number of hydrogen-bond acceptors (Lipinski definition) is 1. The van der Waals surface area contributed by atoms with Gasteiger partial charge in [0, 0.05) is 17.5 Å². The first-order valence-corrected chi connectivity index (χ1v) is 21.5. The number of rotatable bonds is 0. The molecule has 1 fully saturated rings. The van der Waals surface area contributed by atoms with E-state index in [1.165, 1.54) is 72.1 Å². The summed E-state index contributed by atoms with van der Waals surface area (Å²) < 4.78 is 30.9. The van der Waals surface area contributed by atoms with Crippen LogP contribution >= 0.6 is 11.6 Å². The normalized spacial score (nSPS) is 14.5. The fourth-order valence-corrected chi connectivity index (χ4v) is 7.63. The average Bonchev–Trinajstić information content (AvgIpc) is 3.56. The third-order valence-corrected chi connectivity index (χ3v) is 11.0. The van der Waals surface area contributed by atoms with Crippen molar-refractivity contribution in [2.45, 2.75) is 171 Å². The van der Waals surface area contributed by atoms with E-state index in [0.717, 1.165) is 35.8 Å². The van der Waals surface area contributed by atoms with E-state index in [4.69, 9.17) is 16.3 Å². The Kier molecular flexibility index (Phi) is 18.6. The highest BCUT2D eigenvalue weighted by atomic mass is 35.5. The second-order valence-corrected chi connectivity index (χ2v) is 21.5. The fraction of sp³-hybridized carbons (Fsp3) is 0.547. The van der Waals surface area contributed by atoms with E-state index in [2.05, 4.69) is 145 Å². The SMILES string of the molecule is CC(C)(C)C1CCCCC1.CC(C)(C)c1cc(F)cc(F)c1.CC(C)(C)c1ccc2c(c1)CCO2.CC(C)(C)c1ccccc1.Cc1cccc(Cl)c1C(C)(C)C. The molecular weight excluding hydrogens is 726 g/mol. The molecule has 4 heteroatoms. The molecule has 4 aromatic rings. The van der Waals surface area contributed by atoms with Crippen LogP contribution in [0.3, 0.4) is 0 Å². The van der Waals surface area contributed by atoms with Gasteiger partial charge in [0.2, 0.25) is 0 Å². The summed E-state index contributed by atoms with van der Waals surface area (Å²) in [4.78, 5) is 0. The first kappa shape index (κ1) is 50.0. The van der Waals surface area contributed by atoms with Crippen molar-refractivity contribution in [2.24, 2.45) is 11.3 Å². The Morgan fingerprint density at radius 3 is 1.47 bits per heavy atom. The van der Waals surface area contributed by atoms with Crippen LogP contribution < -0.4 is 4.74 Å². The van der Waals surface area contributed by atoms with Crippen LogP contribution in [0.2, 0.25) is 5.02 Å². The number of benzene rings is 4. The van der Waals surface area contributed by atoms with Crippen molar-refractivity contribution in [3.8, 4) is 5.75 Å². The minimum Gasteiger partial charge on any atom is -0.493 e. The Balaban J connectivity index is 0.000000247. The third kappa shape index (κ3) is 17.7. The Hall–Kier alpha value is -3.17. The Bertz CT molecular complexity index is 1740.